The fourth-order valence-electron chi connectivity index (χ4n) is 1.51. The Hall–Kier alpha value is -1.39. The van der Waals surface area contributed by atoms with Crippen LogP contribution in [0.25, 0.3) is 0 Å². The summed E-state index contributed by atoms with van der Waals surface area (Å²) in [5.74, 6) is 0.926. The van der Waals surface area contributed by atoms with E-state index in [-0.39, 0.29) is 0 Å². The monoisotopic (exact) mass is 250 g/mol. The minimum atomic E-state index is 0.652. The number of rotatable bonds is 4. The van der Waals surface area contributed by atoms with Gasteiger partial charge in [0.25, 0.3) is 0 Å². The summed E-state index contributed by atoms with van der Waals surface area (Å²) in [6.07, 6.45) is 3.54. The molecule has 0 saturated carbocycles. The van der Waals surface area contributed by atoms with E-state index in [1.54, 1.807) is 6.20 Å². The minimum Gasteiger partial charge on any atom is -0.321 e. The summed E-state index contributed by atoms with van der Waals surface area (Å²) in [6.45, 7) is 3.45. The Kier molecular flexibility index (Phi) is 3.76. The largest absolute Gasteiger partial charge is 0.321 e. The topological polar surface area (TPSA) is 42.7 Å². The van der Waals surface area contributed by atoms with Crippen LogP contribution in [0.2, 0.25) is 5.15 Å². The molecule has 90 valence electrons. The van der Waals surface area contributed by atoms with E-state index in [0.29, 0.717) is 11.7 Å². The Morgan fingerprint density at radius 2 is 2.06 bits per heavy atom. The second kappa shape index (κ2) is 5.29. The molecule has 1 N–H and O–H groups in total. The highest BCUT2D eigenvalue weighted by molar-refractivity contribution is 6.29. The highest BCUT2D eigenvalue weighted by atomic mass is 35.5. The zero-order valence-electron chi connectivity index (χ0n) is 9.94. The van der Waals surface area contributed by atoms with E-state index >= 15 is 0 Å². The van der Waals surface area contributed by atoms with Crippen molar-refractivity contribution in [2.24, 2.45) is 7.05 Å². The number of nitrogens with one attached hydrogen (secondary N) is 1. The summed E-state index contributed by atoms with van der Waals surface area (Å²) in [5, 5.41) is 3.96. The molecule has 0 fully saturated rings. The fraction of sp³-hybridized carbons (Fsp3) is 0.333. The molecule has 0 saturated heterocycles. The maximum Gasteiger partial charge on any atom is 0.128 e. The van der Waals surface area contributed by atoms with E-state index in [1.807, 2.05) is 30.8 Å². The standard InChI is InChI=1S/C12H15ClN4/c1-9-3-4-10(6-15-9)5-14-8-12-16-7-11(13)17(12)2/h3-4,6-7,14H,5,8H2,1-2H3. The lowest BCUT2D eigenvalue weighted by atomic mass is 10.2. The quantitative estimate of drug-likeness (QED) is 0.903. The number of halogens is 1. The molecule has 0 aliphatic carbocycles. The van der Waals surface area contributed by atoms with Crippen LogP contribution < -0.4 is 5.32 Å². The van der Waals surface area contributed by atoms with E-state index in [9.17, 15) is 0 Å². The number of aromatic nitrogens is 3. The minimum absolute atomic E-state index is 0.652. The van der Waals surface area contributed by atoms with Crippen molar-refractivity contribution in [3.05, 3.63) is 46.8 Å². The number of imidazole rings is 1. The number of nitrogens with zero attached hydrogens (tertiary/aromatic N) is 3. The van der Waals surface area contributed by atoms with Gasteiger partial charge in [0.15, 0.2) is 0 Å². The third-order valence-corrected chi connectivity index (χ3v) is 2.96. The third-order valence-electron chi connectivity index (χ3n) is 2.61. The molecule has 2 rings (SSSR count). The normalized spacial score (nSPS) is 10.8. The predicted molar refractivity (Wildman–Crippen MR) is 67.7 cm³/mol. The lowest BCUT2D eigenvalue weighted by molar-refractivity contribution is 0.638. The Morgan fingerprint density at radius 1 is 1.24 bits per heavy atom. The van der Waals surface area contributed by atoms with E-state index < -0.39 is 0 Å². The molecular formula is C12H15ClN4. The van der Waals surface area contributed by atoms with Crippen molar-refractivity contribution in [3.8, 4) is 0 Å². The van der Waals surface area contributed by atoms with Crippen molar-refractivity contribution >= 4 is 11.6 Å². The first-order valence-electron chi connectivity index (χ1n) is 5.45. The molecule has 4 nitrogen and oxygen atoms in total. The maximum absolute atomic E-state index is 5.91. The van der Waals surface area contributed by atoms with Crippen molar-refractivity contribution < 1.29 is 0 Å². The second-order valence-corrected chi connectivity index (χ2v) is 4.35. The van der Waals surface area contributed by atoms with Crippen molar-refractivity contribution in [3.63, 3.8) is 0 Å². The first-order valence-corrected chi connectivity index (χ1v) is 5.83. The zero-order chi connectivity index (χ0) is 12.3. The van der Waals surface area contributed by atoms with Gasteiger partial charge in [0.2, 0.25) is 0 Å². The van der Waals surface area contributed by atoms with Crippen LogP contribution in [0.1, 0.15) is 17.1 Å². The number of pyridine rings is 1. The van der Waals surface area contributed by atoms with E-state index in [2.05, 4.69) is 21.4 Å². The van der Waals surface area contributed by atoms with Crippen LogP contribution in [0, 0.1) is 6.92 Å². The fourth-order valence-corrected chi connectivity index (χ4v) is 1.66. The van der Waals surface area contributed by atoms with Crippen LogP contribution in [0.4, 0.5) is 0 Å². The molecule has 0 bridgehead atoms. The van der Waals surface area contributed by atoms with Crippen LogP contribution in [0.3, 0.4) is 0 Å². The van der Waals surface area contributed by atoms with Crippen molar-refractivity contribution in [1.82, 2.24) is 19.9 Å². The zero-order valence-corrected chi connectivity index (χ0v) is 10.7. The van der Waals surface area contributed by atoms with Crippen LogP contribution in [-0.4, -0.2) is 14.5 Å². The second-order valence-electron chi connectivity index (χ2n) is 3.97. The summed E-state index contributed by atoms with van der Waals surface area (Å²) in [6, 6.07) is 4.08. The number of hydrogen-bond acceptors (Lipinski definition) is 3. The van der Waals surface area contributed by atoms with Gasteiger partial charge in [-0.15, -0.1) is 0 Å². The van der Waals surface area contributed by atoms with Gasteiger partial charge in [-0.1, -0.05) is 17.7 Å². The predicted octanol–water partition coefficient (Wildman–Crippen LogP) is 2.07. The van der Waals surface area contributed by atoms with Crippen molar-refractivity contribution in [2.45, 2.75) is 20.0 Å². The van der Waals surface area contributed by atoms with Gasteiger partial charge in [0.05, 0.1) is 12.7 Å². The molecular weight excluding hydrogens is 236 g/mol. The summed E-state index contributed by atoms with van der Waals surface area (Å²) < 4.78 is 1.86. The van der Waals surface area contributed by atoms with Gasteiger partial charge in [-0.05, 0) is 18.6 Å². The molecule has 2 heterocycles. The van der Waals surface area contributed by atoms with Crippen LogP contribution in [0.15, 0.2) is 24.5 Å². The maximum atomic E-state index is 5.91. The molecule has 0 atom stereocenters. The summed E-state index contributed by atoms with van der Waals surface area (Å²) in [7, 11) is 1.90. The lowest BCUT2D eigenvalue weighted by Crippen LogP contribution is -2.16. The van der Waals surface area contributed by atoms with Gasteiger partial charge in [0, 0.05) is 25.5 Å². The highest BCUT2D eigenvalue weighted by Crippen LogP contribution is 2.08. The molecule has 0 aliphatic heterocycles. The van der Waals surface area contributed by atoms with Gasteiger partial charge in [-0.3, -0.25) is 4.98 Å². The Bertz CT molecular complexity index is 490. The van der Waals surface area contributed by atoms with Gasteiger partial charge in [-0.2, -0.15) is 0 Å². The van der Waals surface area contributed by atoms with Crippen LogP contribution in [-0.2, 0) is 20.1 Å². The lowest BCUT2D eigenvalue weighted by Gasteiger charge is -2.05. The Balaban J connectivity index is 1.87. The Morgan fingerprint density at radius 3 is 2.65 bits per heavy atom. The molecule has 0 unspecified atom stereocenters. The van der Waals surface area contributed by atoms with Crippen LogP contribution in [0.5, 0.6) is 0 Å². The molecule has 5 heteroatoms. The highest BCUT2D eigenvalue weighted by Gasteiger charge is 2.03. The Labute approximate surface area is 106 Å². The molecule has 17 heavy (non-hydrogen) atoms. The SMILES string of the molecule is Cc1ccc(CNCc2ncc(Cl)n2C)cn1. The summed E-state index contributed by atoms with van der Waals surface area (Å²) >= 11 is 5.91. The molecule has 2 aromatic rings. The number of hydrogen-bond donors (Lipinski definition) is 1. The van der Waals surface area contributed by atoms with Gasteiger partial charge < -0.3 is 9.88 Å². The van der Waals surface area contributed by atoms with Crippen molar-refractivity contribution in [2.75, 3.05) is 0 Å². The molecule has 0 spiro atoms. The van der Waals surface area contributed by atoms with Gasteiger partial charge >= 0.3 is 0 Å². The summed E-state index contributed by atoms with van der Waals surface area (Å²) in [5.41, 5.74) is 2.19. The van der Waals surface area contributed by atoms with Crippen LogP contribution >= 0.6 is 11.6 Å². The van der Waals surface area contributed by atoms with E-state index in [1.165, 1.54) is 0 Å². The van der Waals surface area contributed by atoms with E-state index in [0.717, 1.165) is 23.6 Å². The molecule has 2 aromatic heterocycles. The summed E-state index contributed by atoms with van der Waals surface area (Å²) in [4.78, 5) is 8.46. The average molecular weight is 251 g/mol. The number of aryl methyl sites for hydroxylation is 1. The first-order chi connectivity index (χ1) is 8.16. The average Bonchev–Trinajstić information content (AvgIpc) is 2.64. The molecule has 0 amide bonds. The third kappa shape index (κ3) is 3.05. The smallest absolute Gasteiger partial charge is 0.128 e. The molecule has 0 aromatic carbocycles. The van der Waals surface area contributed by atoms with E-state index in [4.69, 9.17) is 11.6 Å². The molecule has 0 radical (unpaired) electrons. The van der Waals surface area contributed by atoms with Gasteiger partial charge in [0.1, 0.15) is 11.0 Å². The van der Waals surface area contributed by atoms with Crippen molar-refractivity contribution in [1.29, 1.82) is 0 Å². The van der Waals surface area contributed by atoms with Gasteiger partial charge in [-0.25, -0.2) is 4.98 Å². The first kappa shape index (κ1) is 12.1. The molecule has 0 aliphatic rings.